The fraction of sp³-hybridized carbons (Fsp3) is 0.429. The normalized spacial score (nSPS) is 16.2. The molecule has 0 bridgehead atoms. The molecule has 0 saturated carbocycles. The van der Waals surface area contributed by atoms with Crippen molar-refractivity contribution in [2.75, 3.05) is 37.7 Å². The average Bonchev–Trinajstić information content (AvgIpc) is 3.29. The summed E-state index contributed by atoms with van der Waals surface area (Å²) in [6.07, 6.45) is 0. The lowest BCUT2D eigenvalue weighted by atomic mass is 10.2. The van der Waals surface area contributed by atoms with Crippen molar-refractivity contribution in [3.8, 4) is 5.75 Å². The quantitative estimate of drug-likeness (QED) is 0.276. The molecule has 3 aromatic rings. The molecule has 1 aromatic heterocycles. The lowest BCUT2D eigenvalue weighted by molar-refractivity contribution is -0.0000112. The largest absolute Gasteiger partial charge is 1.00 e. The molecule has 0 radical (unpaired) electrons. The monoisotopic (exact) mass is 582 g/mol. The highest BCUT2D eigenvalue weighted by Gasteiger charge is 2.44. The summed E-state index contributed by atoms with van der Waals surface area (Å²) < 4.78 is 45.9. The summed E-state index contributed by atoms with van der Waals surface area (Å²) in [4.78, 5) is 2.91. The molecule has 1 unspecified atom stereocenters. The molecule has 4 rings (SSSR count). The summed E-state index contributed by atoms with van der Waals surface area (Å²) in [5, 5.41) is -0.223. The number of para-hydroxylation sites is 2. The molecule has 1 aliphatic rings. The van der Waals surface area contributed by atoms with Crippen molar-refractivity contribution in [3.63, 3.8) is 0 Å². The third-order valence-electron chi connectivity index (χ3n) is 6.46. The van der Waals surface area contributed by atoms with Gasteiger partial charge < -0.3 is 26.5 Å². The average molecular weight is 583 g/mol. The van der Waals surface area contributed by atoms with Crippen LogP contribution in [-0.2, 0) is 0 Å². The van der Waals surface area contributed by atoms with Gasteiger partial charge in [-0.3, -0.25) is 4.67 Å². The second-order valence-electron chi connectivity index (χ2n) is 9.97. The molecule has 0 aliphatic carbocycles. The maximum absolute atomic E-state index is 12.9. The Morgan fingerprint density at radius 1 is 1.00 bits per heavy atom. The molecule has 1 aliphatic heterocycles. The van der Waals surface area contributed by atoms with Gasteiger partial charge in [-0.1, -0.05) is 44.7 Å². The van der Waals surface area contributed by atoms with Gasteiger partial charge in [-0.2, -0.15) is 8.78 Å². The third kappa shape index (κ3) is 6.59. The van der Waals surface area contributed by atoms with Crippen molar-refractivity contribution in [3.05, 3.63) is 66.4 Å². The summed E-state index contributed by atoms with van der Waals surface area (Å²) in [5.41, 5.74) is 2.79. The number of piperazine rings is 1. The minimum absolute atomic E-state index is 0. The molecule has 1 saturated heterocycles. The summed E-state index contributed by atoms with van der Waals surface area (Å²) in [6.45, 7) is 14.5. The van der Waals surface area contributed by atoms with Gasteiger partial charge in [-0.25, -0.2) is 4.74 Å². The van der Waals surface area contributed by atoms with Gasteiger partial charge in [0.2, 0.25) is 0 Å². The van der Waals surface area contributed by atoms with Crippen LogP contribution in [0.2, 0.25) is 0 Å². The Bertz CT molecular complexity index is 1240. The number of hydrogen-bond donors (Lipinski definition) is 0. The Morgan fingerprint density at radius 2 is 1.66 bits per heavy atom. The second kappa shape index (κ2) is 12.9. The molecule has 2 heterocycles. The van der Waals surface area contributed by atoms with E-state index in [0.29, 0.717) is 23.3 Å². The maximum atomic E-state index is 12.9. The predicted molar refractivity (Wildman–Crippen MR) is 152 cm³/mol. The zero-order chi connectivity index (χ0) is 26.6. The number of thioether (sulfide) groups is 1. The minimum atomic E-state index is -2.45. The Morgan fingerprint density at radius 3 is 2.21 bits per heavy atom. The minimum Gasteiger partial charge on any atom is -1.00 e. The molecule has 1 fully saturated rings. The van der Waals surface area contributed by atoms with Crippen LogP contribution in [0, 0.1) is 6.92 Å². The molecule has 0 amide bonds. The number of nitrogens with zero attached hydrogens (tertiary/aromatic N) is 3. The molecule has 0 N–H and O–H groups in total. The zero-order valence-electron chi connectivity index (χ0n) is 22.5. The Kier molecular flexibility index (Phi) is 10.4. The first kappa shape index (κ1) is 30.6. The smallest absolute Gasteiger partial charge is 0.288 e. The van der Waals surface area contributed by atoms with E-state index in [2.05, 4.69) is 42.5 Å². The van der Waals surface area contributed by atoms with Crippen molar-refractivity contribution < 1.29 is 30.3 Å². The number of ether oxygens (including phenoxy) is 1. The van der Waals surface area contributed by atoms with Gasteiger partial charge in [-0.15, -0.1) is 0 Å². The molecule has 1 atom stereocenters. The van der Waals surface area contributed by atoms with Crippen molar-refractivity contribution >= 4 is 35.8 Å². The van der Waals surface area contributed by atoms with Crippen LogP contribution in [0.4, 0.5) is 20.2 Å². The molecule has 38 heavy (non-hydrogen) atoms. The summed E-state index contributed by atoms with van der Waals surface area (Å²) in [7, 11) is -2.42. The molecule has 5 nitrogen and oxygen atoms in total. The van der Waals surface area contributed by atoms with Gasteiger partial charge in [-0.05, 0) is 62.4 Å². The van der Waals surface area contributed by atoms with Gasteiger partial charge in [0.25, 0.3) is 5.76 Å². The highest BCUT2D eigenvalue weighted by atomic mass is 35.5. The van der Waals surface area contributed by atoms with E-state index in [1.807, 2.05) is 50.2 Å². The molecule has 2 aromatic carbocycles. The molecule has 10 heteroatoms. The van der Waals surface area contributed by atoms with Crippen LogP contribution >= 0.6 is 19.0 Å². The van der Waals surface area contributed by atoms with Crippen LogP contribution in [0.5, 0.6) is 5.75 Å². The van der Waals surface area contributed by atoms with Crippen molar-refractivity contribution in [1.82, 2.24) is 4.67 Å². The lowest BCUT2D eigenvalue weighted by Gasteiger charge is -2.47. The van der Waals surface area contributed by atoms with Gasteiger partial charge >= 0.3 is 0 Å². The Hall–Kier alpha value is -1.99. The number of rotatable bonds is 8. The lowest BCUT2D eigenvalue weighted by Crippen LogP contribution is -3.00. The standard InChI is InChI=1S/C28H36F2N3O2PS.ClH/c1-6-34-25-10-8-7-9-24(25)32-17-19-33(20-18-32)36(28(3,4)5,26-16-11-21(2)35-26)31-22-12-14-23(15-13-22)37-27(29)30;/h7-16,27H,6,17-20H2,1-5H3;1H/p-1. The molecule has 0 spiro atoms. The van der Waals surface area contributed by atoms with E-state index in [1.54, 1.807) is 12.1 Å². The molecule has 208 valence electrons. The second-order valence-corrected chi connectivity index (χ2v) is 14.8. The summed E-state index contributed by atoms with van der Waals surface area (Å²) in [5.74, 6) is -0.686. The van der Waals surface area contributed by atoms with Crippen molar-refractivity contribution in [1.29, 1.82) is 0 Å². The van der Waals surface area contributed by atoms with Gasteiger partial charge in [0.05, 0.1) is 18.0 Å². The number of alkyl halides is 2. The van der Waals surface area contributed by atoms with E-state index in [1.165, 1.54) is 0 Å². The first-order valence-electron chi connectivity index (χ1n) is 12.6. The summed E-state index contributed by atoms with van der Waals surface area (Å²) >= 11 is 0.550. The number of hydrogen-bond acceptors (Lipinski definition) is 5. The summed E-state index contributed by atoms with van der Waals surface area (Å²) in [6, 6.07) is 19.4. The predicted octanol–water partition coefficient (Wildman–Crippen LogP) is 5.00. The van der Waals surface area contributed by atoms with E-state index < -0.39 is 13.0 Å². The van der Waals surface area contributed by atoms with Crippen LogP contribution < -0.4 is 27.5 Å². The van der Waals surface area contributed by atoms with Crippen LogP contribution in [0.1, 0.15) is 33.5 Å². The van der Waals surface area contributed by atoms with Crippen LogP contribution in [0.25, 0.3) is 0 Å². The Labute approximate surface area is 235 Å². The number of anilines is 1. The highest BCUT2D eigenvalue weighted by molar-refractivity contribution is 7.99. The SMILES string of the molecule is CCOc1ccccc1N1CCN(P(=Nc2ccc(SC(F)F)cc2)(c2ccc(C)o2)C(C)(C)C)CC1.[Cl-]. The third-order valence-corrected chi connectivity index (χ3v) is 11.6. The van der Waals surface area contributed by atoms with Gasteiger partial charge in [0.15, 0.2) is 5.50 Å². The van der Waals surface area contributed by atoms with E-state index in [0.717, 1.165) is 54.6 Å². The van der Waals surface area contributed by atoms with Crippen molar-refractivity contribution in [2.45, 2.75) is 50.4 Å². The number of aryl methyl sites for hydroxylation is 1. The van der Waals surface area contributed by atoms with Crippen LogP contribution in [0.15, 0.2) is 74.7 Å². The molecular weight excluding hydrogens is 547 g/mol. The maximum Gasteiger partial charge on any atom is 0.288 e. The van der Waals surface area contributed by atoms with Crippen molar-refractivity contribution in [2.24, 2.45) is 4.74 Å². The van der Waals surface area contributed by atoms with Gasteiger partial charge in [0.1, 0.15) is 18.7 Å². The van der Waals surface area contributed by atoms with E-state index in [-0.39, 0.29) is 17.6 Å². The topological polar surface area (TPSA) is 41.2 Å². The highest BCUT2D eigenvalue weighted by Crippen LogP contribution is 2.64. The number of furan rings is 1. The zero-order valence-corrected chi connectivity index (χ0v) is 25.0. The fourth-order valence-corrected chi connectivity index (χ4v) is 9.42. The van der Waals surface area contributed by atoms with Crippen LogP contribution in [-0.4, -0.2) is 48.4 Å². The van der Waals surface area contributed by atoms with E-state index in [4.69, 9.17) is 13.9 Å². The van der Waals surface area contributed by atoms with E-state index in [9.17, 15) is 8.78 Å². The van der Waals surface area contributed by atoms with E-state index >= 15 is 0 Å². The first-order chi connectivity index (χ1) is 17.6. The number of benzene rings is 2. The Balaban J connectivity index is 0.00000400. The number of halogens is 3. The first-order valence-corrected chi connectivity index (χ1v) is 15.2. The van der Waals surface area contributed by atoms with Crippen LogP contribution in [0.3, 0.4) is 0 Å². The fourth-order valence-electron chi connectivity index (χ4n) is 4.83. The molecular formula is C28H36ClF2N3O2PS-. The van der Waals surface area contributed by atoms with Gasteiger partial charge in [0, 0.05) is 36.2 Å².